The summed E-state index contributed by atoms with van der Waals surface area (Å²) in [5, 5.41) is 3.61. The van der Waals surface area contributed by atoms with Crippen molar-refractivity contribution in [3.63, 3.8) is 0 Å². The van der Waals surface area contributed by atoms with Crippen LogP contribution in [0.5, 0.6) is 0 Å². The summed E-state index contributed by atoms with van der Waals surface area (Å²) in [4.78, 5) is 33.2. The van der Waals surface area contributed by atoms with Gasteiger partial charge >= 0.3 is 0 Å². The second-order valence-corrected chi connectivity index (χ2v) is 11.3. The highest BCUT2D eigenvalue weighted by Gasteiger charge is 2.34. The van der Waals surface area contributed by atoms with Crippen molar-refractivity contribution >= 4 is 39.1 Å². The number of carbonyl (C=O) groups is 2. The van der Waals surface area contributed by atoms with Gasteiger partial charge in [-0.3, -0.25) is 14.5 Å². The van der Waals surface area contributed by atoms with Crippen molar-refractivity contribution in [2.45, 2.75) is 17.6 Å². The monoisotopic (exact) mass is 477 g/mol. The Hall–Kier alpha value is -2.37. The molecule has 11 heteroatoms. The molecule has 0 radical (unpaired) electrons. The van der Waals surface area contributed by atoms with Crippen molar-refractivity contribution in [2.75, 3.05) is 48.8 Å². The number of hydrogen-bond donors (Lipinski definition) is 1. The number of aromatic nitrogens is 2. The summed E-state index contributed by atoms with van der Waals surface area (Å²) in [6.07, 6.45) is 4.20. The average Bonchev–Trinajstić information content (AvgIpc) is 3.36. The molecule has 2 fully saturated rings. The molecule has 9 nitrogen and oxygen atoms in total. The molecule has 3 heterocycles. The molecule has 2 saturated heterocycles. The number of thioether (sulfide) groups is 1. The highest BCUT2D eigenvalue weighted by Crippen LogP contribution is 2.20. The van der Waals surface area contributed by atoms with Gasteiger partial charge in [0.2, 0.25) is 5.91 Å². The SMILES string of the molecule is Cn1ccnc1SCC(=O)Nc1ccc(C(=O)N2CCN([C@@H]3CCS(=O)(=O)C3)CC2)cc1. The summed E-state index contributed by atoms with van der Waals surface area (Å²) < 4.78 is 25.3. The lowest BCUT2D eigenvalue weighted by molar-refractivity contribution is -0.113. The third-order valence-electron chi connectivity index (χ3n) is 5.85. The van der Waals surface area contributed by atoms with Gasteiger partial charge in [-0.25, -0.2) is 13.4 Å². The first kappa shape index (κ1) is 22.8. The van der Waals surface area contributed by atoms with E-state index in [1.54, 1.807) is 35.4 Å². The Labute approximate surface area is 192 Å². The van der Waals surface area contributed by atoms with Gasteiger partial charge in [0.1, 0.15) is 0 Å². The van der Waals surface area contributed by atoms with Gasteiger partial charge in [-0.05, 0) is 30.7 Å². The minimum absolute atomic E-state index is 0.0492. The molecule has 172 valence electrons. The largest absolute Gasteiger partial charge is 0.336 e. The number of hydrogen-bond acceptors (Lipinski definition) is 7. The second-order valence-electron chi connectivity index (χ2n) is 8.12. The highest BCUT2D eigenvalue weighted by atomic mass is 32.2. The molecule has 2 amide bonds. The van der Waals surface area contributed by atoms with Gasteiger partial charge in [0.25, 0.3) is 5.91 Å². The summed E-state index contributed by atoms with van der Waals surface area (Å²) in [5.41, 5.74) is 1.21. The molecule has 1 N–H and O–H groups in total. The van der Waals surface area contributed by atoms with E-state index in [9.17, 15) is 18.0 Å². The summed E-state index contributed by atoms with van der Waals surface area (Å²) >= 11 is 1.36. The first-order valence-electron chi connectivity index (χ1n) is 10.5. The zero-order valence-electron chi connectivity index (χ0n) is 17.9. The Morgan fingerprint density at radius 3 is 2.47 bits per heavy atom. The van der Waals surface area contributed by atoms with Crippen LogP contribution in [0.3, 0.4) is 0 Å². The molecule has 2 aliphatic rings. The van der Waals surface area contributed by atoms with Crippen LogP contribution in [0.2, 0.25) is 0 Å². The van der Waals surface area contributed by atoms with Gasteiger partial charge in [0, 0.05) is 62.9 Å². The first-order chi connectivity index (χ1) is 15.3. The first-order valence-corrected chi connectivity index (χ1v) is 13.4. The summed E-state index contributed by atoms with van der Waals surface area (Å²) in [6.45, 7) is 2.54. The standard InChI is InChI=1S/C21H27N5O4S2/c1-24-8-7-22-21(24)31-14-19(27)23-17-4-2-16(3-5-17)20(28)26-11-9-25(10-12-26)18-6-13-32(29,30)15-18/h2-5,7-8,18H,6,9-15H2,1H3,(H,23,27)/t18-/m1/s1. The molecule has 0 spiro atoms. The van der Waals surface area contributed by atoms with Crippen LogP contribution in [-0.2, 0) is 21.7 Å². The Morgan fingerprint density at radius 1 is 1.16 bits per heavy atom. The Bertz CT molecular complexity index is 1080. The number of piperazine rings is 1. The highest BCUT2D eigenvalue weighted by molar-refractivity contribution is 7.99. The lowest BCUT2D eigenvalue weighted by Crippen LogP contribution is -2.52. The number of nitrogens with one attached hydrogen (secondary N) is 1. The Balaban J connectivity index is 1.25. The molecule has 1 atom stereocenters. The van der Waals surface area contributed by atoms with E-state index in [-0.39, 0.29) is 35.1 Å². The van der Waals surface area contributed by atoms with Gasteiger partial charge in [0.05, 0.1) is 17.3 Å². The molecule has 0 unspecified atom stereocenters. The molecule has 32 heavy (non-hydrogen) atoms. The number of anilines is 1. The lowest BCUT2D eigenvalue weighted by atomic mass is 10.1. The summed E-state index contributed by atoms with van der Waals surface area (Å²) in [7, 11) is -1.03. The van der Waals surface area contributed by atoms with Gasteiger partial charge < -0.3 is 14.8 Å². The van der Waals surface area contributed by atoms with Crippen LogP contribution in [0.25, 0.3) is 0 Å². The minimum atomic E-state index is -2.91. The molecule has 4 rings (SSSR count). The quantitative estimate of drug-likeness (QED) is 0.621. The molecule has 1 aromatic carbocycles. The topological polar surface area (TPSA) is 105 Å². The van der Waals surface area contributed by atoms with Crippen molar-refractivity contribution in [1.82, 2.24) is 19.4 Å². The predicted octanol–water partition coefficient (Wildman–Crippen LogP) is 1.10. The van der Waals surface area contributed by atoms with E-state index >= 15 is 0 Å². The number of amides is 2. The van der Waals surface area contributed by atoms with E-state index in [1.807, 2.05) is 17.8 Å². The van der Waals surface area contributed by atoms with Crippen molar-refractivity contribution in [3.05, 3.63) is 42.2 Å². The summed E-state index contributed by atoms with van der Waals surface area (Å²) in [6, 6.07) is 6.99. The van der Waals surface area contributed by atoms with Crippen molar-refractivity contribution in [2.24, 2.45) is 7.05 Å². The maximum atomic E-state index is 12.8. The second kappa shape index (κ2) is 9.63. The van der Waals surface area contributed by atoms with Gasteiger partial charge in [-0.15, -0.1) is 0 Å². The van der Waals surface area contributed by atoms with Crippen molar-refractivity contribution in [1.29, 1.82) is 0 Å². The van der Waals surface area contributed by atoms with Crippen LogP contribution in [0.1, 0.15) is 16.8 Å². The molecular weight excluding hydrogens is 450 g/mol. The number of benzene rings is 1. The van der Waals surface area contributed by atoms with Gasteiger partial charge in [-0.1, -0.05) is 11.8 Å². The maximum Gasteiger partial charge on any atom is 0.253 e. The predicted molar refractivity (Wildman–Crippen MR) is 124 cm³/mol. The lowest BCUT2D eigenvalue weighted by Gasteiger charge is -2.37. The molecule has 0 bridgehead atoms. The number of nitrogens with zero attached hydrogens (tertiary/aromatic N) is 4. The fraction of sp³-hybridized carbons (Fsp3) is 0.476. The summed E-state index contributed by atoms with van der Waals surface area (Å²) in [5.74, 6) is 0.558. The smallest absolute Gasteiger partial charge is 0.253 e. The number of imidazole rings is 1. The third kappa shape index (κ3) is 5.51. The van der Waals surface area contributed by atoms with Crippen LogP contribution in [-0.4, -0.2) is 89.1 Å². The maximum absolute atomic E-state index is 12.8. The molecular formula is C21H27N5O4S2. The third-order valence-corrected chi connectivity index (χ3v) is 8.66. The number of sulfone groups is 1. The fourth-order valence-corrected chi connectivity index (χ4v) is 6.54. The van der Waals surface area contributed by atoms with Crippen LogP contribution >= 0.6 is 11.8 Å². The molecule has 1 aromatic heterocycles. The molecule has 0 saturated carbocycles. The van der Waals surface area contributed by atoms with Crippen LogP contribution in [0.4, 0.5) is 5.69 Å². The number of carbonyl (C=O) groups excluding carboxylic acids is 2. The molecule has 2 aliphatic heterocycles. The van der Waals surface area contributed by atoms with E-state index < -0.39 is 9.84 Å². The zero-order chi connectivity index (χ0) is 22.7. The number of rotatable bonds is 6. The molecule has 0 aliphatic carbocycles. The van der Waals surface area contributed by atoms with Crippen LogP contribution in [0, 0.1) is 0 Å². The Morgan fingerprint density at radius 2 is 1.88 bits per heavy atom. The Kier molecular flexibility index (Phi) is 6.87. The minimum Gasteiger partial charge on any atom is -0.336 e. The van der Waals surface area contributed by atoms with Crippen molar-refractivity contribution in [3.8, 4) is 0 Å². The fourth-order valence-electron chi connectivity index (χ4n) is 4.05. The van der Waals surface area contributed by atoms with Crippen LogP contribution < -0.4 is 5.32 Å². The number of aryl methyl sites for hydroxylation is 1. The van der Waals surface area contributed by atoms with Crippen LogP contribution in [0.15, 0.2) is 41.8 Å². The average molecular weight is 478 g/mol. The van der Waals surface area contributed by atoms with E-state index in [1.165, 1.54) is 11.8 Å². The zero-order valence-corrected chi connectivity index (χ0v) is 19.6. The van der Waals surface area contributed by atoms with E-state index in [4.69, 9.17) is 0 Å². The van der Waals surface area contributed by atoms with E-state index in [2.05, 4.69) is 15.2 Å². The van der Waals surface area contributed by atoms with E-state index in [0.29, 0.717) is 43.9 Å². The van der Waals surface area contributed by atoms with Gasteiger partial charge in [0.15, 0.2) is 15.0 Å². The van der Waals surface area contributed by atoms with E-state index in [0.717, 1.165) is 5.16 Å². The van der Waals surface area contributed by atoms with Gasteiger partial charge in [-0.2, -0.15) is 0 Å². The molecule has 2 aromatic rings. The van der Waals surface area contributed by atoms with Crippen molar-refractivity contribution < 1.29 is 18.0 Å². The normalized spacial score (nSPS) is 20.9.